The molecular formula is C14H22N2O4. The van der Waals surface area contributed by atoms with E-state index in [0.29, 0.717) is 0 Å². The highest BCUT2D eigenvalue weighted by molar-refractivity contribution is 5.91. The molecule has 0 fully saturated rings. The van der Waals surface area contributed by atoms with Gasteiger partial charge in [0, 0.05) is 0 Å². The predicted octanol–water partition coefficient (Wildman–Crippen LogP) is 1.89. The van der Waals surface area contributed by atoms with E-state index in [1.165, 1.54) is 43.5 Å². The fraction of sp³-hybridized carbons (Fsp3) is 0.429. The predicted molar refractivity (Wildman–Crippen MR) is 76.7 cm³/mol. The third kappa shape index (κ3) is 8.23. The van der Waals surface area contributed by atoms with Gasteiger partial charge in [-0.1, -0.05) is 26.2 Å². The zero-order valence-corrected chi connectivity index (χ0v) is 11.6. The van der Waals surface area contributed by atoms with Crippen LogP contribution >= 0.6 is 0 Å². The van der Waals surface area contributed by atoms with Gasteiger partial charge in [0.2, 0.25) is 0 Å². The molecule has 0 spiro atoms. The van der Waals surface area contributed by atoms with Gasteiger partial charge in [-0.3, -0.25) is 0 Å². The van der Waals surface area contributed by atoms with Crippen molar-refractivity contribution in [3.63, 3.8) is 0 Å². The van der Waals surface area contributed by atoms with Gasteiger partial charge >= 0.3 is 11.9 Å². The third-order valence-electron chi connectivity index (χ3n) is 2.52. The summed E-state index contributed by atoms with van der Waals surface area (Å²) in [6.45, 7) is 2.17. The second-order valence-corrected chi connectivity index (χ2v) is 4.35. The van der Waals surface area contributed by atoms with E-state index in [1.807, 2.05) is 0 Å². The van der Waals surface area contributed by atoms with E-state index < -0.39 is 11.9 Å². The minimum Gasteiger partial charge on any atom is -0.478 e. The van der Waals surface area contributed by atoms with Crippen molar-refractivity contribution in [3.05, 3.63) is 35.4 Å². The second kappa shape index (κ2) is 9.94. The van der Waals surface area contributed by atoms with Gasteiger partial charge < -0.3 is 21.7 Å². The van der Waals surface area contributed by atoms with Crippen molar-refractivity contribution < 1.29 is 19.8 Å². The Hall–Kier alpha value is -1.92. The maximum Gasteiger partial charge on any atom is 0.335 e. The van der Waals surface area contributed by atoms with Gasteiger partial charge in [-0.15, -0.1) is 0 Å². The van der Waals surface area contributed by atoms with Crippen LogP contribution < -0.4 is 11.5 Å². The summed E-state index contributed by atoms with van der Waals surface area (Å²) in [7, 11) is 0. The standard InChI is InChI=1S/C8H6O4.C6H16N2/c9-7(10)5-1-2-6(4-3-5)8(11)12;1-2-3-4-5-6(7)8/h1-4H,(H,9,10)(H,11,12);6H,2-5,7-8H2,1H3. The molecule has 0 aliphatic rings. The lowest BCUT2D eigenvalue weighted by molar-refractivity contribution is 0.0681. The molecule has 0 radical (unpaired) electrons. The number of carboxylic acid groups (broad SMARTS) is 2. The van der Waals surface area contributed by atoms with E-state index in [2.05, 4.69) is 6.92 Å². The number of benzene rings is 1. The highest BCUT2D eigenvalue weighted by Crippen LogP contribution is 2.03. The first-order chi connectivity index (χ1) is 9.38. The van der Waals surface area contributed by atoms with E-state index in [-0.39, 0.29) is 17.3 Å². The fourth-order valence-electron chi connectivity index (χ4n) is 1.39. The molecule has 0 saturated heterocycles. The van der Waals surface area contributed by atoms with E-state index in [4.69, 9.17) is 21.7 Å². The minimum absolute atomic E-state index is 0.0833. The Bertz CT molecular complexity index is 383. The molecule has 0 aliphatic heterocycles. The molecule has 0 heterocycles. The number of carbonyl (C=O) groups is 2. The summed E-state index contributed by atoms with van der Waals surface area (Å²) in [4.78, 5) is 20.7. The molecule has 0 unspecified atom stereocenters. The Labute approximate surface area is 118 Å². The molecular weight excluding hydrogens is 260 g/mol. The molecule has 0 bridgehead atoms. The average Bonchev–Trinajstić information content (AvgIpc) is 2.39. The van der Waals surface area contributed by atoms with Gasteiger partial charge in [0.25, 0.3) is 0 Å². The van der Waals surface area contributed by atoms with Crippen molar-refractivity contribution in [1.29, 1.82) is 0 Å². The van der Waals surface area contributed by atoms with E-state index >= 15 is 0 Å². The molecule has 1 aromatic rings. The number of hydrogen-bond acceptors (Lipinski definition) is 4. The number of nitrogens with two attached hydrogens (primary N) is 2. The molecule has 1 rings (SSSR count). The van der Waals surface area contributed by atoms with Crippen LogP contribution in [0, 0.1) is 0 Å². The van der Waals surface area contributed by atoms with Crippen LogP contribution in [0.1, 0.15) is 53.3 Å². The monoisotopic (exact) mass is 282 g/mol. The molecule has 1 aromatic carbocycles. The van der Waals surface area contributed by atoms with Crippen LogP contribution in [-0.4, -0.2) is 28.3 Å². The molecule has 0 atom stereocenters. The maximum atomic E-state index is 10.3. The lowest BCUT2D eigenvalue weighted by Gasteiger charge is -2.01. The fourth-order valence-corrected chi connectivity index (χ4v) is 1.39. The van der Waals surface area contributed by atoms with Gasteiger partial charge in [-0.25, -0.2) is 9.59 Å². The van der Waals surface area contributed by atoms with E-state index in [9.17, 15) is 9.59 Å². The largest absolute Gasteiger partial charge is 0.478 e. The summed E-state index contributed by atoms with van der Waals surface area (Å²) >= 11 is 0. The van der Waals surface area contributed by atoms with E-state index in [0.717, 1.165) is 6.42 Å². The summed E-state index contributed by atoms with van der Waals surface area (Å²) in [6.07, 6.45) is 4.54. The number of unbranched alkanes of at least 4 members (excludes halogenated alkanes) is 2. The van der Waals surface area contributed by atoms with E-state index in [1.54, 1.807) is 0 Å². The van der Waals surface area contributed by atoms with Crippen molar-refractivity contribution in [1.82, 2.24) is 0 Å². The molecule has 0 amide bonds. The Balaban J connectivity index is 0.000000396. The third-order valence-corrected chi connectivity index (χ3v) is 2.52. The topological polar surface area (TPSA) is 127 Å². The zero-order valence-electron chi connectivity index (χ0n) is 11.6. The quantitative estimate of drug-likeness (QED) is 0.466. The van der Waals surface area contributed by atoms with Gasteiger partial charge in [-0.05, 0) is 30.7 Å². The number of carboxylic acids is 2. The maximum absolute atomic E-state index is 10.3. The Kier molecular flexibility index (Phi) is 8.98. The normalized spacial score (nSPS) is 9.80. The average molecular weight is 282 g/mol. The SMILES string of the molecule is CCCCCC(N)N.O=C(O)c1ccc(C(=O)O)cc1. The highest BCUT2D eigenvalue weighted by Gasteiger charge is 2.04. The smallest absolute Gasteiger partial charge is 0.335 e. The molecule has 0 aromatic heterocycles. The molecule has 0 saturated carbocycles. The van der Waals surface area contributed by atoms with Crippen molar-refractivity contribution in [3.8, 4) is 0 Å². The minimum atomic E-state index is -1.06. The lowest BCUT2D eigenvalue weighted by atomic mass is 10.1. The molecule has 6 nitrogen and oxygen atoms in total. The van der Waals surface area contributed by atoms with Gasteiger partial charge in [0.1, 0.15) is 0 Å². The number of rotatable bonds is 6. The second-order valence-electron chi connectivity index (χ2n) is 4.35. The number of aromatic carboxylic acids is 2. The Morgan fingerprint density at radius 3 is 1.65 bits per heavy atom. The Morgan fingerprint density at radius 1 is 1.00 bits per heavy atom. The van der Waals surface area contributed by atoms with Gasteiger partial charge in [0.15, 0.2) is 0 Å². The van der Waals surface area contributed by atoms with Crippen molar-refractivity contribution in [2.24, 2.45) is 11.5 Å². The van der Waals surface area contributed by atoms with Crippen molar-refractivity contribution in [2.45, 2.75) is 38.8 Å². The lowest BCUT2D eigenvalue weighted by Crippen LogP contribution is -2.29. The van der Waals surface area contributed by atoms with Crippen LogP contribution in [0.15, 0.2) is 24.3 Å². The first-order valence-electron chi connectivity index (χ1n) is 6.46. The van der Waals surface area contributed by atoms with Crippen molar-refractivity contribution >= 4 is 11.9 Å². The Morgan fingerprint density at radius 2 is 1.40 bits per heavy atom. The van der Waals surface area contributed by atoms with Crippen LogP contribution in [0.4, 0.5) is 0 Å². The van der Waals surface area contributed by atoms with Gasteiger partial charge in [0.05, 0.1) is 17.3 Å². The number of hydrogen-bond donors (Lipinski definition) is 4. The summed E-state index contributed by atoms with van der Waals surface area (Å²) in [5, 5.41) is 16.9. The highest BCUT2D eigenvalue weighted by atomic mass is 16.4. The van der Waals surface area contributed by atoms with Crippen molar-refractivity contribution in [2.75, 3.05) is 0 Å². The molecule has 6 N–H and O–H groups in total. The molecule has 112 valence electrons. The van der Waals surface area contributed by atoms with Crippen LogP contribution in [0.25, 0.3) is 0 Å². The van der Waals surface area contributed by atoms with Gasteiger partial charge in [-0.2, -0.15) is 0 Å². The summed E-state index contributed by atoms with van der Waals surface area (Å²) in [6, 6.07) is 5.02. The van der Waals surface area contributed by atoms with Crippen LogP contribution in [0.3, 0.4) is 0 Å². The summed E-state index contributed by atoms with van der Waals surface area (Å²) in [5.74, 6) is -2.13. The van der Waals surface area contributed by atoms with Crippen LogP contribution in [0.2, 0.25) is 0 Å². The molecule has 6 heteroatoms. The molecule has 0 aliphatic carbocycles. The first-order valence-corrected chi connectivity index (χ1v) is 6.46. The van der Waals surface area contributed by atoms with Crippen LogP contribution in [-0.2, 0) is 0 Å². The summed E-state index contributed by atoms with van der Waals surface area (Å²) in [5.41, 5.74) is 10.8. The van der Waals surface area contributed by atoms with Crippen LogP contribution in [0.5, 0.6) is 0 Å². The zero-order chi connectivity index (χ0) is 15.5. The summed E-state index contributed by atoms with van der Waals surface area (Å²) < 4.78 is 0. The first kappa shape index (κ1) is 18.1. The molecule has 20 heavy (non-hydrogen) atoms.